The quantitative estimate of drug-likeness (QED) is 0.0915. The van der Waals surface area contributed by atoms with Crippen LogP contribution in [-0.2, 0) is 49.7 Å². The van der Waals surface area contributed by atoms with E-state index in [2.05, 4.69) is 100 Å². The second-order valence-corrected chi connectivity index (χ2v) is 42.7. The Balaban J connectivity index is 1.79. The van der Waals surface area contributed by atoms with Crippen molar-refractivity contribution in [1.29, 1.82) is 0 Å². The van der Waals surface area contributed by atoms with Crippen molar-refractivity contribution in [2.75, 3.05) is 26.4 Å². The number of fused-ring (bicyclic) bond motifs is 3. The van der Waals surface area contributed by atoms with Crippen LogP contribution in [0.5, 0.6) is 11.5 Å². The molecule has 2 saturated heterocycles. The van der Waals surface area contributed by atoms with Crippen molar-refractivity contribution in [3.05, 3.63) is 23.3 Å². The Morgan fingerprint density at radius 3 is 1.75 bits per heavy atom. The van der Waals surface area contributed by atoms with Gasteiger partial charge in [0.1, 0.15) is 29.8 Å². The first-order valence-electron chi connectivity index (χ1n) is 20.0. The van der Waals surface area contributed by atoms with Crippen LogP contribution < -0.4 is 9.47 Å². The van der Waals surface area contributed by atoms with Crippen LogP contribution in [0.4, 0.5) is 14.4 Å². The van der Waals surface area contributed by atoms with Crippen LogP contribution in [0.3, 0.4) is 0 Å². The Bertz CT molecular complexity index is 1590. The van der Waals surface area contributed by atoms with Crippen LogP contribution in [0.1, 0.15) is 52.7 Å². The molecular weight excluding hydrogens is 805 g/mol. The molecule has 3 aliphatic rings. The van der Waals surface area contributed by atoms with Crippen LogP contribution in [0.15, 0.2) is 12.1 Å². The lowest BCUT2D eigenvalue weighted by molar-refractivity contribution is -0.373. The van der Waals surface area contributed by atoms with Gasteiger partial charge in [-0.25, -0.2) is 14.4 Å². The standard InChI is InChI=1S/C39H68O14Si4/c1-37(2,3)57(38(4,5)6)48-25-29-32(53-57)31(40)33(51-36(43)46-18-21-56(13,14)15)39(52-29)30-26(24-47-39)22-27(49-34(41)44-16-19-54(7,8)9)23-28(30)50-35(42)45-17-20-55(10,11)12/h22-23,29,31-33,40H,16-21,24-25H2,1-15H3/t29-,31+,32-,33-,39+/m1/s1. The summed E-state index contributed by atoms with van der Waals surface area (Å²) in [5, 5.41) is 11.5. The number of hydrogen-bond donors (Lipinski definition) is 1. The minimum Gasteiger partial charge on any atom is -0.435 e. The number of rotatable bonds is 12. The molecule has 5 atom stereocenters. The highest BCUT2D eigenvalue weighted by Crippen LogP contribution is 2.58. The fourth-order valence-electron chi connectivity index (χ4n) is 7.31. The summed E-state index contributed by atoms with van der Waals surface area (Å²) in [6.07, 6.45) is -7.98. The Labute approximate surface area is 343 Å². The van der Waals surface area contributed by atoms with Gasteiger partial charge in [0, 0.05) is 40.4 Å². The molecular formula is C39H68O14Si4. The lowest BCUT2D eigenvalue weighted by atomic mass is 9.86. The third kappa shape index (κ3) is 11.7. The van der Waals surface area contributed by atoms with Crippen LogP contribution in [0.25, 0.3) is 0 Å². The normalized spacial score (nSPS) is 24.9. The van der Waals surface area contributed by atoms with E-state index in [1.165, 1.54) is 12.1 Å². The van der Waals surface area contributed by atoms with Crippen LogP contribution in [0.2, 0.25) is 87.1 Å². The molecule has 2 fully saturated rings. The molecule has 1 aromatic rings. The van der Waals surface area contributed by atoms with Gasteiger partial charge in [-0.3, -0.25) is 0 Å². The van der Waals surface area contributed by atoms with Gasteiger partial charge < -0.3 is 51.9 Å². The molecule has 324 valence electrons. The highest BCUT2D eigenvalue weighted by atomic mass is 28.4. The van der Waals surface area contributed by atoms with Crippen molar-refractivity contribution in [2.24, 2.45) is 0 Å². The molecule has 4 rings (SSSR count). The monoisotopic (exact) mass is 872 g/mol. The SMILES string of the molecule is CC(C)(C)[Si]1(C(C)(C)C)OC[C@H]2O[C@]3(OCc4cc(OC(=O)OCC[Si](C)(C)C)cc(OC(=O)OCC[Si](C)(C)C)c43)[C@H](OC(=O)OCC[Si](C)(C)C)[C@@H](O)[C@@H]2O1. The second kappa shape index (κ2) is 17.4. The average molecular weight is 873 g/mol. The zero-order valence-corrected chi connectivity index (χ0v) is 40.9. The fourth-order valence-corrected chi connectivity index (χ4v) is 14.4. The number of carbonyl (C=O) groups excluding carboxylic acids is 3. The van der Waals surface area contributed by atoms with Crippen LogP contribution in [0, 0.1) is 0 Å². The van der Waals surface area contributed by atoms with Gasteiger partial charge in [0.15, 0.2) is 6.10 Å². The van der Waals surface area contributed by atoms with Gasteiger partial charge >= 0.3 is 27.0 Å². The maximum Gasteiger partial charge on any atom is 0.513 e. The first-order valence-corrected chi connectivity index (χ1v) is 32.9. The molecule has 3 aliphatic heterocycles. The molecule has 0 unspecified atom stereocenters. The van der Waals surface area contributed by atoms with Crippen LogP contribution in [-0.4, -0.2) is 107 Å². The zero-order chi connectivity index (χ0) is 43.0. The molecule has 0 amide bonds. The number of aliphatic hydroxyl groups is 1. The largest absolute Gasteiger partial charge is 0.513 e. The van der Waals surface area contributed by atoms with E-state index in [0.29, 0.717) is 17.7 Å². The molecule has 0 aliphatic carbocycles. The third-order valence-corrected chi connectivity index (χ3v) is 20.5. The smallest absolute Gasteiger partial charge is 0.435 e. The van der Waals surface area contributed by atoms with E-state index >= 15 is 0 Å². The van der Waals surface area contributed by atoms with E-state index in [1.54, 1.807) is 0 Å². The molecule has 1 spiro atoms. The summed E-state index contributed by atoms with van der Waals surface area (Å²) in [7, 11) is -7.81. The molecule has 0 radical (unpaired) electrons. The predicted molar refractivity (Wildman–Crippen MR) is 224 cm³/mol. The van der Waals surface area contributed by atoms with Crippen molar-refractivity contribution < 1.29 is 66.2 Å². The molecule has 3 heterocycles. The lowest BCUT2D eigenvalue weighted by Gasteiger charge is -2.58. The predicted octanol–water partition coefficient (Wildman–Crippen LogP) is 9.15. The molecule has 0 aromatic heterocycles. The number of aliphatic hydroxyl groups excluding tert-OH is 1. The highest BCUT2D eigenvalue weighted by molar-refractivity contribution is 6.77. The lowest BCUT2D eigenvalue weighted by Crippen LogP contribution is -2.73. The van der Waals surface area contributed by atoms with Gasteiger partial charge in [-0.15, -0.1) is 0 Å². The Kier molecular flexibility index (Phi) is 14.4. The number of hydrogen-bond acceptors (Lipinski definition) is 14. The molecule has 0 saturated carbocycles. The van der Waals surface area contributed by atoms with Gasteiger partial charge in [0.25, 0.3) is 0 Å². The molecule has 1 N–H and O–H groups in total. The summed E-state index contributed by atoms with van der Waals surface area (Å²) in [6.45, 7) is 32.1. The Morgan fingerprint density at radius 1 is 0.772 bits per heavy atom. The summed E-state index contributed by atoms with van der Waals surface area (Å²) in [6, 6.07) is 4.98. The van der Waals surface area contributed by atoms with Crippen molar-refractivity contribution in [3.8, 4) is 11.5 Å². The molecule has 18 heteroatoms. The second-order valence-electron chi connectivity index (χ2n) is 21.0. The van der Waals surface area contributed by atoms with Crippen molar-refractivity contribution >= 4 is 51.2 Å². The number of benzene rings is 1. The average Bonchev–Trinajstić information content (AvgIpc) is 3.38. The number of ether oxygens (including phenoxy) is 8. The van der Waals surface area contributed by atoms with Crippen molar-refractivity contribution in [1.82, 2.24) is 0 Å². The van der Waals surface area contributed by atoms with Crippen molar-refractivity contribution in [3.63, 3.8) is 0 Å². The van der Waals surface area contributed by atoms with Gasteiger partial charge in [-0.05, 0) is 29.8 Å². The zero-order valence-electron chi connectivity index (χ0n) is 36.9. The summed E-state index contributed by atoms with van der Waals surface area (Å²) < 4.78 is 60.7. The highest BCUT2D eigenvalue weighted by Gasteiger charge is 2.69. The van der Waals surface area contributed by atoms with Gasteiger partial charge in [-0.1, -0.05) is 100 Å². The van der Waals surface area contributed by atoms with E-state index in [9.17, 15) is 19.5 Å². The third-order valence-electron chi connectivity index (χ3n) is 10.2. The summed E-state index contributed by atoms with van der Waals surface area (Å²) in [5.74, 6) is -2.19. The minimum absolute atomic E-state index is 0.00485. The topological polar surface area (TPSA) is 164 Å². The summed E-state index contributed by atoms with van der Waals surface area (Å²) in [4.78, 5) is 39.7. The summed E-state index contributed by atoms with van der Waals surface area (Å²) >= 11 is 0. The van der Waals surface area contributed by atoms with E-state index in [0.717, 1.165) is 6.04 Å². The van der Waals surface area contributed by atoms with Crippen molar-refractivity contribution in [2.45, 2.75) is 165 Å². The fraction of sp³-hybridized carbons (Fsp3) is 0.769. The first-order chi connectivity index (χ1) is 26.0. The minimum atomic E-state index is -3.16. The first kappa shape index (κ1) is 47.4. The van der Waals surface area contributed by atoms with Crippen LogP contribution >= 0.6 is 0 Å². The molecule has 1 aromatic carbocycles. The maximum absolute atomic E-state index is 13.5. The summed E-state index contributed by atoms with van der Waals surface area (Å²) in [5.41, 5.74) is 0.520. The van der Waals surface area contributed by atoms with Gasteiger partial charge in [-0.2, -0.15) is 0 Å². The van der Waals surface area contributed by atoms with Gasteiger partial charge in [0.05, 0.1) is 38.6 Å². The Morgan fingerprint density at radius 2 is 1.26 bits per heavy atom. The van der Waals surface area contributed by atoms with Gasteiger partial charge in [0.2, 0.25) is 5.79 Å². The number of carbonyl (C=O) groups is 3. The van der Waals surface area contributed by atoms with E-state index in [-0.39, 0.29) is 50.1 Å². The van der Waals surface area contributed by atoms with E-state index in [4.69, 9.17) is 46.7 Å². The molecule has 57 heavy (non-hydrogen) atoms. The maximum atomic E-state index is 13.5. The molecule has 0 bridgehead atoms. The van der Waals surface area contributed by atoms with E-state index in [1.807, 2.05) is 0 Å². The Hall–Kier alpha value is -2.30. The van der Waals surface area contributed by atoms with E-state index < -0.39 is 91.5 Å². The molecule has 14 nitrogen and oxygen atoms in total.